The molecule has 1 aliphatic heterocycles. The van der Waals surface area contributed by atoms with Gasteiger partial charge in [0.1, 0.15) is 0 Å². The highest BCUT2D eigenvalue weighted by molar-refractivity contribution is 5.31. The maximum absolute atomic E-state index is 4.48. The number of hydrogen-bond acceptors (Lipinski definition) is 2. The third-order valence-electron chi connectivity index (χ3n) is 5.37. The van der Waals surface area contributed by atoms with E-state index in [2.05, 4.69) is 58.6 Å². The fraction of sp³-hybridized carbons (Fsp3) is 0.500. The molecule has 1 N–H and O–H groups in total. The van der Waals surface area contributed by atoms with E-state index in [4.69, 9.17) is 0 Å². The summed E-state index contributed by atoms with van der Waals surface area (Å²) >= 11 is 0. The zero-order valence-electron chi connectivity index (χ0n) is 12.7. The second-order valence-corrected chi connectivity index (χ2v) is 6.84. The number of imidazole rings is 1. The van der Waals surface area contributed by atoms with Crippen LogP contribution in [-0.4, -0.2) is 22.6 Å². The zero-order valence-corrected chi connectivity index (χ0v) is 12.7. The molecule has 1 aromatic carbocycles. The molecule has 2 heterocycles. The summed E-state index contributed by atoms with van der Waals surface area (Å²) in [6, 6.07) is 9.46. The smallest absolute Gasteiger partial charge is 0.0951 e. The zero-order chi connectivity index (χ0) is 14.3. The second kappa shape index (κ2) is 4.99. The molecule has 0 radical (unpaired) electrons. The number of aryl methyl sites for hydroxylation is 1. The van der Waals surface area contributed by atoms with Gasteiger partial charge in [0.05, 0.1) is 6.33 Å². The molecule has 0 spiro atoms. The fourth-order valence-electron chi connectivity index (χ4n) is 4.01. The Kier molecular flexibility index (Phi) is 3.11. The van der Waals surface area contributed by atoms with Crippen LogP contribution in [0.25, 0.3) is 0 Å². The van der Waals surface area contributed by atoms with Gasteiger partial charge >= 0.3 is 0 Å². The van der Waals surface area contributed by atoms with E-state index in [1.54, 1.807) is 0 Å². The minimum Gasteiger partial charge on any atom is -0.331 e. The molecule has 2 unspecified atom stereocenters. The number of aromatic nitrogens is 2. The number of rotatable bonds is 2. The van der Waals surface area contributed by atoms with Crippen molar-refractivity contribution in [3.63, 3.8) is 0 Å². The Labute approximate surface area is 126 Å². The molecule has 21 heavy (non-hydrogen) atoms. The van der Waals surface area contributed by atoms with E-state index < -0.39 is 0 Å². The molecule has 1 saturated heterocycles. The van der Waals surface area contributed by atoms with E-state index in [9.17, 15) is 0 Å². The van der Waals surface area contributed by atoms with Crippen molar-refractivity contribution in [2.75, 3.05) is 13.1 Å². The highest BCUT2D eigenvalue weighted by atomic mass is 15.1. The molecule has 1 aliphatic carbocycles. The quantitative estimate of drug-likeness (QED) is 0.917. The Morgan fingerprint density at radius 3 is 2.95 bits per heavy atom. The first-order valence-electron chi connectivity index (χ1n) is 8.06. The molecule has 2 aliphatic rings. The first-order valence-corrected chi connectivity index (χ1v) is 8.06. The maximum Gasteiger partial charge on any atom is 0.0951 e. The molecule has 0 amide bonds. The van der Waals surface area contributed by atoms with Gasteiger partial charge in [0.25, 0.3) is 0 Å². The Morgan fingerprint density at radius 1 is 1.29 bits per heavy atom. The average molecular weight is 281 g/mol. The largest absolute Gasteiger partial charge is 0.331 e. The average Bonchev–Trinajstić information content (AvgIpc) is 3.16. The van der Waals surface area contributed by atoms with Crippen molar-refractivity contribution < 1.29 is 0 Å². The minimum atomic E-state index is 0.244. The van der Waals surface area contributed by atoms with Gasteiger partial charge in [-0.05, 0) is 43.4 Å². The summed E-state index contributed by atoms with van der Waals surface area (Å²) in [5.41, 5.74) is 4.71. The standard InChI is InChI=1S/C18H23N3/c1-18(8-9-19-12-18)17-11-20-13-21(17)16-7-6-14-4-2-3-5-15(14)10-16/h2-5,11,13,16,19H,6-10,12H2,1H3. The second-order valence-electron chi connectivity index (χ2n) is 6.84. The third-order valence-corrected chi connectivity index (χ3v) is 5.37. The first kappa shape index (κ1) is 13.1. The van der Waals surface area contributed by atoms with Crippen LogP contribution >= 0.6 is 0 Å². The van der Waals surface area contributed by atoms with Gasteiger partial charge in [0, 0.05) is 29.9 Å². The molecule has 3 nitrogen and oxygen atoms in total. The van der Waals surface area contributed by atoms with Gasteiger partial charge in [-0.1, -0.05) is 31.2 Å². The highest BCUT2D eigenvalue weighted by Gasteiger charge is 2.35. The summed E-state index contributed by atoms with van der Waals surface area (Å²) in [5, 5.41) is 3.51. The van der Waals surface area contributed by atoms with Gasteiger partial charge < -0.3 is 9.88 Å². The van der Waals surface area contributed by atoms with E-state index in [0.717, 1.165) is 19.5 Å². The third kappa shape index (κ3) is 2.20. The molecule has 4 rings (SSSR count). The van der Waals surface area contributed by atoms with Crippen molar-refractivity contribution in [3.8, 4) is 0 Å². The van der Waals surface area contributed by atoms with Gasteiger partial charge in [-0.2, -0.15) is 0 Å². The summed E-state index contributed by atoms with van der Waals surface area (Å²) in [6.07, 6.45) is 8.91. The molecule has 1 fully saturated rings. The van der Waals surface area contributed by atoms with Gasteiger partial charge in [-0.3, -0.25) is 0 Å². The van der Waals surface area contributed by atoms with Crippen LogP contribution in [0.1, 0.15) is 42.6 Å². The fourth-order valence-corrected chi connectivity index (χ4v) is 4.01. The van der Waals surface area contributed by atoms with Crippen molar-refractivity contribution in [1.29, 1.82) is 0 Å². The molecule has 3 heteroatoms. The Hall–Kier alpha value is -1.61. The summed E-state index contributed by atoms with van der Waals surface area (Å²) in [7, 11) is 0. The van der Waals surface area contributed by atoms with Crippen LogP contribution in [0.5, 0.6) is 0 Å². The van der Waals surface area contributed by atoms with Crippen LogP contribution in [-0.2, 0) is 18.3 Å². The molecule has 1 aromatic heterocycles. The predicted octanol–water partition coefficient (Wildman–Crippen LogP) is 2.86. The van der Waals surface area contributed by atoms with Gasteiger partial charge in [0.15, 0.2) is 0 Å². The molecule has 0 saturated carbocycles. The van der Waals surface area contributed by atoms with Gasteiger partial charge in [0.2, 0.25) is 0 Å². The van der Waals surface area contributed by atoms with Crippen molar-refractivity contribution >= 4 is 0 Å². The SMILES string of the molecule is CC1(c2cncn2C2CCc3ccccc3C2)CCNC1. The van der Waals surface area contributed by atoms with Gasteiger partial charge in [-0.25, -0.2) is 4.98 Å². The van der Waals surface area contributed by atoms with Crippen LogP contribution in [0.2, 0.25) is 0 Å². The maximum atomic E-state index is 4.48. The number of benzene rings is 1. The Bertz CT molecular complexity index is 637. The summed E-state index contributed by atoms with van der Waals surface area (Å²) < 4.78 is 2.46. The first-order chi connectivity index (χ1) is 10.3. The Morgan fingerprint density at radius 2 is 2.14 bits per heavy atom. The van der Waals surface area contributed by atoms with E-state index in [0.29, 0.717) is 6.04 Å². The number of nitrogens with zero attached hydrogens (tertiary/aromatic N) is 2. The predicted molar refractivity (Wildman–Crippen MR) is 84.6 cm³/mol. The molecule has 2 aromatic rings. The monoisotopic (exact) mass is 281 g/mol. The van der Waals surface area contributed by atoms with Crippen molar-refractivity contribution in [3.05, 3.63) is 53.6 Å². The molecule has 0 bridgehead atoms. The number of nitrogens with one attached hydrogen (secondary N) is 1. The van der Waals surface area contributed by atoms with Crippen LogP contribution in [0.3, 0.4) is 0 Å². The lowest BCUT2D eigenvalue weighted by molar-refractivity contribution is 0.390. The van der Waals surface area contributed by atoms with E-state index in [1.165, 1.54) is 36.1 Å². The van der Waals surface area contributed by atoms with Crippen LogP contribution in [0.4, 0.5) is 0 Å². The van der Waals surface area contributed by atoms with Crippen LogP contribution in [0, 0.1) is 0 Å². The topological polar surface area (TPSA) is 29.9 Å². The normalized spacial score (nSPS) is 28.5. The van der Waals surface area contributed by atoms with Gasteiger partial charge in [-0.15, -0.1) is 0 Å². The van der Waals surface area contributed by atoms with E-state index in [-0.39, 0.29) is 5.41 Å². The lowest BCUT2D eigenvalue weighted by Crippen LogP contribution is -2.30. The summed E-state index contributed by atoms with van der Waals surface area (Å²) in [5.74, 6) is 0. The molecular weight excluding hydrogens is 258 g/mol. The summed E-state index contributed by atoms with van der Waals surface area (Å²) in [4.78, 5) is 4.48. The van der Waals surface area contributed by atoms with Crippen molar-refractivity contribution in [2.24, 2.45) is 0 Å². The van der Waals surface area contributed by atoms with Crippen molar-refractivity contribution in [1.82, 2.24) is 14.9 Å². The summed E-state index contributed by atoms with van der Waals surface area (Å²) in [6.45, 7) is 4.56. The minimum absolute atomic E-state index is 0.244. The molecular formula is C18H23N3. The van der Waals surface area contributed by atoms with Crippen LogP contribution < -0.4 is 5.32 Å². The number of hydrogen-bond donors (Lipinski definition) is 1. The van der Waals surface area contributed by atoms with Crippen molar-refractivity contribution in [2.45, 2.75) is 44.1 Å². The number of fused-ring (bicyclic) bond motifs is 1. The van der Waals surface area contributed by atoms with E-state index >= 15 is 0 Å². The molecule has 2 atom stereocenters. The van der Waals surface area contributed by atoms with E-state index in [1.807, 2.05) is 0 Å². The van der Waals surface area contributed by atoms with Crippen LogP contribution in [0.15, 0.2) is 36.8 Å². The molecule has 110 valence electrons. The highest BCUT2D eigenvalue weighted by Crippen LogP contribution is 2.35. The lowest BCUT2D eigenvalue weighted by Gasteiger charge is -2.31. The Balaban J connectivity index is 1.65. The lowest BCUT2D eigenvalue weighted by atomic mass is 9.84.